The van der Waals surface area contributed by atoms with Crippen LogP contribution in [0.25, 0.3) is 11.0 Å². The van der Waals surface area contributed by atoms with Gasteiger partial charge in [0.15, 0.2) is 10.6 Å². The number of fused-ring (bicyclic) bond motifs is 2. The lowest BCUT2D eigenvalue weighted by molar-refractivity contribution is 0.0971. The van der Waals surface area contributed by atoms with Gasteiger partial charge in [-0.3, -0.25) is 14.5 Å². The van der Waals surface area contributed by atoms with Crippen LogP contribution in [-0.2, 0) is 0 Å². The van der Waals surface area contributed by atoms with Crippen LogP contribution >= 0.6 is 11.3 Å². The Labute approximate surface area is 177 Å². The molecule has 3 heterocycles. The number of carbonyl (C=O) groups is 1. The fourth-order valence-electron chi connectivity index (χ4n) is 3.91. The molecule has 1 aliphatic heterocycles. The van der Waals surface area contributed by atoms with Gasteiger partial charge in [0.1, 0.15) is 5.58 Å². The second-order valence-electron chi connectivity index (χ2n) is 7.80. The lowest BCUT2D eigenvalue weighted by Gasteiger charge is -2.22. The Kier molecular flexibility index (Phi) is 4.15. The highest BCUT2D eigenvalue weighted by Gasteiger charge is 2.45. The van der Waals surface area contributed by atoms with E-state index in [1.807, 2.05) is 64.1 Å². The normalized spacial score (nSPS) is 15.8. The number of rotatable bonds is 2. The van der Waals surface area contributed by atoms with Crippen molar-refractivity contribution in [3.8, 4) is 0 Å². The van der Waals surface area contributed by atoms with Crippen molar-refractivity contribution in [3.05, 3.63) is 91.3 Å². The molecule has 1 aliphatic rings. The molecule has 5 rings (SSSR count). The molecule has 0 fully saturated rings. The van der Waals surface area contributed by atoms with Crippen LogP contribution in [0.5, 0.6) is 0 Å². The molecule has 0 aliphatic carbocycles. The van der Waals surface area contributed by atoms with Gasteiger partial charge >= 0.3 is 0 Å². The van der Waals surface area contributed by atoms with Crippen LogP contribution in [0.4, 0.5) is 5.13 Å². The zero-order chi connectivity index (χ0) is 21.2. The minimum absolute atomic E-state index is 0.104. The molecule has 0 saturated heterocycles. The zero-order valence-electron chi connectivity index (χ0n) is 17.1. The third-order valence-electron chi connectivity index (χ3n) is 5.64. The molecule has 0 bridgehead atoms. The van der Waals surface area contributed by atoms with E-state index in [9.17, 15) is 9.59 Å². The van der Waals surface area contributed by atoms with Crippen LogP contribution in [0.15, 0.2) is 51.7 Å². The summed E-state index contributed by atoms with van der Waals surface area (Å²) in [5.74, 6) is -0.226. The first-order chi connectivity index (χ1) is 14.3. The van der Waals surface area contributed by atoms with Gasteiger partial charge in [-0.2, -0.15) is 0 Å². The molecule has 30 heavy (non-hydrogen) atoms. The number of nitrogens with zero attached hydrogens (tertiary/aromatic N) is 2. The molecule has 4 aromatic rings. The van der Waals surface area contributed by atoms with Gasteiger partial charge in [-0.1, -0.05) is 41.5 Å². The van der Waals surface area contributed by atoms with Gasteiger partial charge in [0.2, 0.25) is 5.76 Å². The van der Waals surface area contributed by atoms with Gasteiger partial charge in [-0.05, 0) is 45.4 Å². The Bertz CT molecular complexity index is 1360. The molecule has 6 heteroatoms. The van der Waals surface area contributed by atoms with Crippen LogP contribution in [0.2, 0.25) is 0 Å². The summed E-state index contributed by atoms with van der Waals surface area (Å²) in [4.78, 5) is 34.3. The monoisotopic (exact) mass is 416 g/mol. The summed E-state index contributed by atoms with van der Waals surface area (Å²) in [6.07, 6.45) is 0. The molecule has 0 radical (unpaired) electrons. The molecule has 2 aromatic heterocycles. The Balaban J connectivity index is 1.82. The zero-order valence-corrected chi connectivity index (χ0v) is 18.0. The average Bonchev–Trinajstić information content (AvgIpc) is 3.20. The van der Waals surface area contributed by atoms with Crippen LogP contribution < -0.4 is 10.3 Å². The molecular weight excluding hydrogens is 396 g/mol. The molecule has 2 aromatic carbocycles. The van der Waals surface area contributed by atoms with E-state index >= 15 is 0 Å². The van der Waals surface area contributed by atoms with Gasteiger partial charge in [0, 0.05) is 4.88 Å². The number of benzene rings is 2. The van der Waals surface area contributed by atoms with E-state index in [0.717, 1.165) is 27.3 Å². The van der Waals surface area contributed by atoms with E-state index in [1.54, 1.807) is 11.0 Å². The number of aryl methyl sites for hydroxylation is 4. The highest BCUT2D eigenvalue weighted by molar-refractivity contribution is 7.15. The molecule has 150 valence electrons. The topological polar surface area (TPSA) is 63.4 Å². The standard InChI is InChI=1S/C24H20N2O3S/c1-12-5-8-16(9-6-12)20-19-21(27)17-11-13(2)7-10-18(17)29-22(19)23(28)26(20)24-25-14(3)15(4)30-24/h5-11,20H,1-4H3. The second kappa shape index (κ2) is 6.64. The summed E-state index contributed by atoms with van der Waals surface area (Å²) < 4.78 is 6.00. The third kappa shape index (κ3) is 2.71. The van der Waals surface area contributed by atoms with Crippen LogP contribution in [-0.4, -0.2) is 10.9 Å². The van der Waals surface area contributed by atoms with Crippen molar-refractivity contribution in [2.45, 2.75) is 33.7 Å². The van der Waals surface area contributed by atoms with E-state index in [1.165, 1.54) is 11.3 Å². The summed E-state index contributed by atoms with van der Waals surface area (Å²) >= 11 is 1.45. The van der Waals surface area contributed by atoms with Crippen LogP contribution in [0.1, 0.15) is 49.4 Å². The Morgan fingerprint density at radius 3 is 2.33 bits per heavy atom. The van der Waals surface area contributed by atoms with Crippen molar-refractivity contribution in [3.63, 3.8) is 0 Å². The molecule has 0 N–H and O–H groups in total. The van der Waals surface area contributed by atoms with Gasteiger partial charge in [-0.15, -0.1) is 11.3 Å². The summed E-state index contributed by atoms with van der Waals surface area (Å²) in [6.45, 7) is 7.84. The average molecular weight is 417 g/mol. The molecule has 5 nitrogen and oxygen atoms in total. The SMILES string of the molecule is Cc1ccc(C2c3c(oc4ccc(C)cc4c3=O)C(=O)N2c2nc(C)c(C)s2)cc1. The van der Waals surface area contributed by atoms with Gasteiger partial charge in [0.05, 0.1) is 22.7 Å². The predicted molar refractivity (Wildman–Crippen MR) is 119 cm³/mol. The largest absolute Gasteiger partial charge is 0.450 e. The molecule has 1 unspecified atom stereocenters. The minimum Gasteiger partial charge on any atom is -0.450 e. The van der Waals surface area contributed by atoms with Crippen molar-refractivity contribution in [1.82, 2.24) is 4.98 Å². The molecule has 0 spiro atoms. The van der Waals surface area contributed by atoms with Crippen LogP contribution in [0, 0.1) is 27.7 Å². The Morgan fingerprint density at radius 2 is 1.67 bits per heavy atom. The first kappa shape index (κ1) is 18.8. The van der Waals surface area contributed by atoms with Crippen molar-refractivity contribution in [2.24, 2.45) is 0 Å². The number of thiazole rings is 1. The molecule has 0 saturated carbocycles. The maximum absolute atomic E-state index is 13.6. The summed E-state index contributed by atoms with van der Waals surface area (Å²) in [5, 5.41) is 1.07. The van der Waals surface area contributed by atoms with Gasteiger partial charge in [-0.25, -0.2) is 4.98 Å². The van der Waals surface area contributed by atoms with E-state index < -0.39 is 6.04 Å². The second-order valence-corrected chi connectivity index (χ2v) is 8.98. The summed E-state index contributed by atoms with van der Waals surface area (Å²) in [7, 11) is 0. The lowest BCUT2D eigenvalue weighted by atomic mass is 9.97. The molecule has 1 amide bonds. The fourth-order valence-corrected chi connectivity index (χ4v) is 4.84. The van der Waals surface area contributed by atoms with Gasteiger partial charge in [0.25, 0.3) is 5.91 Å². The van der Waals surface area contributed by atoms with E-state index in [4.69, 9.17) is 4.42 Å². The fraction of sp³-hybridized carbons (Fsp3) is 0.208. The Morgan fingerprint density at radius 1 is 0.967 bits per heavy atom. The quantitative estimate of drug-likeness (QED) is 0.449. The maximum Gasteiger partial charge on any atom is 0.297 e. The first-order valence-corrected chi connectivity index (χ1v) is 10.6. The number of anilines is 1. The summed E-state index contributed by atoms with van der Waals surface area (Å²) in [6, 6.07) is 12.8. The maximum atomic E-state index is 13.6. The third-order valence-corrected chi connectivity index (χ3v) is 6.71. The number of carbonyl (C=O) groups excluding carboxylic acids is 1. The molecular formula is C24H20N2O3S. The highest BCUT2D eigenvalue weighted by atomic mass is 32.1. The number of aromatic nitrogens is 1. The highest BCUT2D eigenvalue weighted by Crippen LogP contribution is 2.43. The number of hydrogen-bond donors (Lipinski definition) is 0. The van der Waals surface area contributed by atoms with Crippen LogP contribution in [0.3, 0.4) is 0 Å². The first-order valence-electron chi connectivity index (χ1n) is 9.76. The van der Waals surface area contributed by atoms with Crippen molar-refractivity contribution in [2.75, 3.05) is 4.90 Å². The van der Waals surface area contributed by atoms with Crippen molar-refractivity contribution < 1.29 is 9.21 Å². The Hall–Kier alpha value is -3.25. The van der Waals surface area contributed by atoms with Gasteiger partial charge < -0.3 is 4.42 Å². The minimum atomic E-state index is -0.570. The van der Waals surface area contributed by atoms with Crippen molar-refractivity contribution >= 4 is 33.3 Å². The smallest absolute Gasteiger partial charge is 0.297 e. The molecule has 1 atom stereocenters. The summed E-state index contributed by atoms with van der Waals surface area (Å²) in [5.41, 5.74) is 4.45. The van der Waals surface area contributed by atoms with E-state index in [0.29, 0.717) is 21.7 Å². The van der Waals surface area contributed by atoms with E-state index in [-0.39, 0.29) is 17.1 Å². The lowest BCUT2D eigenvalue weighted by Crippen LogP contribution is -2.29. The number of amides is 1. The van der Waals surface area contributed by atoms with Crippen molar-refractivity contribution in [1.29, 1.82) is 0 Å². The number of hydrogen-bond acceptors (Lipinski definition) is 5. The predicted octanol–water partition coefficient (Wildman–Crippen LogP) is 5.23. The van der Waals surface area contributed by atoms with E-state index in [2.05, 4.69) is 4.98 Å².